The molecule has 1 atom stereocenters. The summed E-state index contributed by atoms with van der Waals surface area (Å²) in [6.45, 7) is 2.66. The average Bonchev–Trinajstić information content (AvgIpc) is 2.84. The van der Waals surface area contributed by atoms with Crippen LogP contribution in [-0.2, 0) is 4.79 Å². The summed E-state index contributed by atoms with van der Waals surface area (Å²) in [5.74, 6) is -3.63. The monoisotopic (exact) mass is 331 g/mol. The van der Waals surface area contributed by atoms with Crippen molar-refractivity contribution in [2.75, 3.05) is 11.4 Å². The molecule has 1 amide bonds. The van der Waals surface area contributed by atoms with Gasteiger partial charge < -0.3 is 10.0 Å². The van der Waals surface area contributed by atoms with Crippen LogP contribution in [0.2, 0.25) is 0 Å². The van der Waals surface area contributed by atoms with E-state index in [0.29, 0.717) is 12.1 Å². The number of aromatic hydroxyl groups is 1. The summed E-state index contributed by atoms with van der Waals surface area (Å²) in [6.07, 6.45) is 2.91. The van der Waals surface area contributed by atoms with Crippen LogP contribution in [0.1, 0.15) is 43.2 Å². The highest BCUT2D eigenvalue weighted by molar-refractivity contribution is 6.07. The number of phenolic OH excluding ortho intramolecular Hbond substituents is 1. The third-order valence-corrected chi connectivity index (χ3v) is 4.42. The first kappa shape index (κ1) is 16.4. The fourth-order valence-corrected chi connectivity index (χ4v) is 3.22. The molecule has 1 aliphatic rings. The summed E-state index contributed by atoms with van der Waals surface area (Å²) in [5, 5.41) is 10.0. The molecule has 0 fully saturated rings. The fourth-order valence-electron chi connectivity index (χ4n) is 3.22. The summed E-state index contributed by atoms with van der Waals surface area (Å²) in [5.41, 5.74) is 1.58. The quantitative estimate of drug-likeness (QED) is 0.828. The Hall–Kier alpha value is -2.43. The van der Waals surface area contributed by atoms with Gasteiger partial charge in [-0.3, -0.25) is 4.79 Å². The van der Waals surface area contributed by atoms with E-state index < -0.39 is 23.3 Å². The van der Waals surface area contributed by atoms with Crippen LogP contribution in [0, 0.1) is 11.6 Å². The summed E-state index contributed by atoms with van der Waals surface area (Å²) >= 11 is 0. The summed E-state index contributed by atoms with van der Waals surface area (Å²) < 4.78 is 26.9. The predicted octanol–water partition coefficient (Wildman–Crippen LogP) is 4.34. The molecular formula is C19H19F2NO2. The molecule has 0 aromatic heterocycles. The number of benzene rings is 2. The lowest BCUT2D eigenvalue weighted by Crippen LogP contribution is -2.30. The molecular weight excluding hydrogens is 312 g/mol. The minimum Gasteiger partial charge on any atom is -0.508 e. The topological polar surface area (TPSA) is 40.5 Å². The first-order chi connectivity index (χ1) is 11.5. The third kappa shape index (κ3) is 2.75. The van der Waals surface area contributed by atoms with E-state index in [0.717, 1.165) is 37.1 Å². The van der Waals surface area contributed by atoms with Crippen molar-refractivity contribution in [3.63, 3.8) is 0 Å². The van der Waals surface area contributed by atoms with Crippen molar-refractivity contribution >= 4 is 11.6 Å². The van der Waals surface area contributed by atoms with Gasteiger partial charge >= 0.3 is 0 Å². The lowest BCUT2D eigenvalue weighted by atomic mass is 9.91. The van der Waals surface area contributed by atoms with Crippen molar-refractivity contribution in [3.8, 4) is 5.75 Å². The predicted molar refractivity (Wildman–Crippen MR) is 88.2 cm³/mol. The maximum Gasteiger partial charge on any atom is 0.239 e. The van der Waals surface area contributed by atoms with Gasteiger partial charge in [0.15, 0.2) is 11.6 Å². The second kappa shape index (κ2) is 6.59. The molecule has 0 bridgehead atoms. The van der Waals surface area contributed by atoms with E-state index in [9.17, 15) is 18.7 Å². The Balaban J connectivity index is 2.03. The highest BCUT2D eigenvalue weighted by Gasteiger charge is 2.39. The standard InChI is InChI=1S/C19H19F2NO2/c1-2-3-6-9-22-16-8-5-4-7-12(16)18(19(22)24)13-10-14(20)15(21)11-17(13)23/h4-5,7-8,10-11,18,23H,2-3,6,9H2,1H3. The van der Waals surface area contributed by atoms with E-state index in [1.54, 1.807) is 17.0 Å². The molecule has 0 spiro atoms. The molecule has 5 heteroatoms. The van der Waals surface area contributed by atoms with E-state index in [4.69, 9.17) is 0 Å². The number of carbonyl (C=O) groups excluding carboxylic acids is 1. The van der Waals surface area contributed by atoms with Gasteiger partial charge in [0.1, 0.15) is 5.75 Å². The van der Waals surface area contributed by atoms with Crippen LogP contribution in [0.4, 0.5) is 14.5 Å². The molecule has 3 rings (SSSR count). The maximum atomic E-state index is 13.7. The van der Waals surface area contributed by atoms with Crippen molar-refractivity contribution in [3.05, 3.63) is 59.2 Å². The number of unbranched alkanes of at least 4 members (excludes halogenated alkanes) is 2. The van der Waals surface area contributed by atoms with E-state index in [-0.39, 0.29) is 11.5 Å². The second-order valence-electron chi connectivity index (χ2n) is 6.01. The number of anilines is 1. The minimum absolute atomic E-state index is 0.101. The van der Waals surface area contributed by atoms with Crippen molar-refractivity contribution < 1.29 is 18.7 Å². The lowest BCUT2D eigenvalue weighted by molar-refractivity contribution is -0.118. The minimum atomic E-state index is -1.13. The number of carbonyl (C=O) groups is 1. The Bertz CT molecular complexity index is 776. The van der Waals surface area contributed by atoms with Gasteiger partial charge in [-0.15, -0.1) is 0 Å². The van der Waals surface area contributed by atoms with Gasteiger partial charge in [0, 0.05) is 23.9 Å². The number of hydrogen-bond acceptors (Lipinski definition) is 2. The fraction of sp³-hybridized carbons (Fsp3) is 0.316. The summed E-state index contributed by atoms with van der Waals surface area (Å²) in [7, 11) is 0. The van der Waals surface area contributed by atoms with Crippen LogP contribution in [0.3, 0.4) is 0 Å². The van der Waals surface area contributed by atoms with Crippen molar-refractivity contribution in [2.45, 2.75) is 32.1 Å². The zero-order valence-electron chi connectivity index (χ0n) is 13.4. The van der Waals surface area contributed by atoms with Crippen molar-refractivity contribution in [1.82, 2.24) is 0 Å². The normalized spacial score (nSPS) is 16.5. The van der Waals surface area contributed by atoms with Gasteiger partial charge in [-0.1, -0.05) is 38.0 Å². The Kier molecular flexibility index (Phi) is 4.51. The molecule has 24 heavy (non-hydrogen) atoms. The number of hydrogen-bond donors (Lipinski definition) is 1. The van der Waals surface area contributed by atoms with Gasteiger partial charge in [-0.2, -0.15) is 0 Å². The van der Waals surface area contributed by atoms with Gasteiger partial charge in [0.05, 0.1) is 5.92 Å². The molecule has 0 radical (unpaired) electrons. The van der Waals surface area contributed by atoms with E-state index in [1.165, 1.54) is 0 Å². The maximum absolute atomic E-state index is 13.7. The van der Waals surface area contributed by atoms with Gasteiger partial charge in [-0.25, -0.2) is 8.78 Å². The molecule has 2 aromatic carbocycles. The molecule has 0 saturated carbocycles. The zero-order chi connectivity index (χ0) is 17.3. The third-order valence-electron chi connectivity index (χ3n) is 4.42. The van der Waals surface area contributed by atoms with Crippen molar-refractivity contribution in [1.29, 1.82) is 0 Å². The van der Waals surface area contributed by atoms with Gasteiger partial charge in [-0.05, 0) is 24.1 Å². The number of fused-ring (bicyclic) bond motifs is 1. The molecule has 0 aliphatic carbocycles. The molecule has 126 valence electrons. The summed E-state index contributed by atoms with van der Waals surface area (Å²) in [6, 6.07) is 8.91. The molecule has 2 aromatic rings. The molecule has 3 nitrogen and oxygen atoms in total. The number of para-hydroxylation sites is 1. The number of halogens is 2. The van der Waals surface area contributed by atoms with Crippen LogP contribution in [0.25, 0.3) is 0 Å². The molecule has 1 N–H and O–H groups in total. The highest BCUT2D eigenvalue weighted by atomic mass is 19.2. The SMILES string of the molecule is CCCCCN1C(=O)C(c2cc(F)c(F)cc2O)c2ccccc21. The smallest absolute Gasteiger partial charge is 0.239 e. The zero-order valence-corrected chi connectivity index (χ0v) is 13.4. The van der Waals surface area contributed by atoms with Crippen LogP contribution in [0.5, 0.6) is 5.75 Å². The van der Waals surface area contributed by atoms with Crippen LogP contribution in [-0.4, -0.2) is 17.6 Å². The van der Waals surface area contributed by atoms with Crippen LogP contribution in [0.15, 0.2) is 36.4 Å². The second-order valence-corrected chi connectivity index (χ2v) is 6.01. The molecule has 1 unspecified atom stereocenters. The average molecular weight is 331 g/mol. The van der Waals surface area contributed by atoms with E-state index >= 15 is 0 Å². The molecule has 0 saturated heterocycles. The van der Waals surface area contributed by atoms with E-state index in [1.807, 2.05) is 12.1 Å². The molecule has 1 aliphatic heterocycles. The number of nitrogens with zero attached hydrogens (tertiary/aromatic N) is 1. The Morgan fingerprint density at radius 2 is 1.79 bits per heavy atom. The largest absolute Gasteiger partial charge is 0.508 e. The van der Waals surface area contributed by atoms with E-state index in [2.05, 4.69) is 6.92 Å². The summed E-state index contributed by atoms with van der Waals surface area (Å²) in [4.78, 5) is 14.6. The number of phenols is 1. The van der Waals surface area contributed by atoms with Gasteiger partial charge in [0.25, 0.3) is 0 Å². The Morgan fingerprint density at radius 3 is 2.54 bits per heavy atom. The Labute approximate surface area is 139 Å². The first-order valence-corrected chi connectivity index (χ1v) is 8.12. The Morgan fingerprint density at radius 1 is 1.08 bits per heavy atom. The first-order valence-electron chi connectivity index (χ1n) is 8.12. The van der Waals surface area contributed by atoms with Crippen LogP contribution >= 0.6 is 0 Å². The van der Waals surface area contributed by atoms with Gasteiger partial charge in [0.2, 0.25) is 5.91 Å². The molecule has 1 heterocycles. The number of amides is 1. The van der Waals surface area contributed by atoms with Crippen LogP contribution < -0.4 is 4.90 Å². The van der Waals surface area contributed by atoms with Crippen molar-refractivity contribution in [2.24, 2.45) is 0 Å². The number of rotatable bonds is 5. The lowest BCUT2D eigenvalue weighted by Gasteiger charge is -2.18. The highest BCUT2D eigenvalue weighted by Crippen LogP contribution is 2.44.